The van der Waals surface area contributed by atoms with Crippen LogP contribution in [0.15, 0.2) is 35.8 Å². The number of likely N-dealkylation sites (N-methyl/N-ethyl adjacent to an activating group) is 1. The van der Waals surface area contributed by atoms with Crippen LogP contribution >= 0.6 is 11.3 Å². The summed E-state index contributed by atoms with van der Waals surface area (Å²) >= 11 is 1.59. The van der Waals surface area contributed by atoms with Crippen molar-refractivity contribution in [3.63, 3.8) is 0 Å². The SMILES string of the molecule is CNCC(O)COc1cccc(-c2nc(NCc3nccs3)c(CN)c(NC3CC3)n2)c1. The number of hydrogen-bond donors (Lipinski definition) is 5. The molecule has 0 aliphatic heterocycles. The highest BCUT2D eigenvalue weighted by Crippen LogP contribution is 2.31. The standard InChI is InChI=1S/C22H29N7O2S/c1-24-11-16(30)13-31-17-4-2-3-14(9-17)20-28-21(26-12-19-25-7-8-32-19)18(10-23)22(29-20)27-15-5-6-15/h2-4,7-9,15-16,24,30H,5-6,10-13,23H2,1H3,(H2,26,27,28,29). The Bertz CT molecular complexity index is 1010. The van der Waals surface area contributed by atoms with Gasteiger partial charge in [-0.15, -0.1) is 11.3 Å². The molecular formula is C22H29N7O2S. The second-order valence-electron chi connectivity index (χ2n) is 7.68. The van der Waals surface area contributed by atoms with E-state index in [1.54, 1.807) is 24.6 Å². The smallest absolute Gasteiger partial charge is 0.164 e. The molecule has 2 aromatic heterocycles. The third-order valence-corrected chi connectivity index (χ3v) is 5.77. The van der Waals surface area contributed by atoms with E-state index in [-0.39, 0.29) is 6.61 Å². The number of aromatic nitrogens is 3. The van der Waals surface area contributed by atoms with Gasteiger partial charge in [-0.05, 0) is 32.0 Å². The Hall–Kier alpha value is -2.79. The Morgan fingerprint density at radius 1 is 1.28 bits per heavy atom. The molecule has 4 rings (SSSR count). The highest BCUT2D eigenvalue weighted by Gasteiger charge is 2.24. The molecule has 1 fully saturated rings. The molecule has 9 nitrogen and oxygen atoms in total. The monoisotopic (exact) mass is 455 g/mol. The normalized spacial score (nSPS) is 14.2. The molecule has 0 amide bonds. The number of anilines is 2. The molecule has 170 valence electrons. The van der Waals surface area contributed by atoms with Crippen LogP contribution in [-0.4, -0.2) is 52.4 Å². The lowest BCUT2D eigenvalue weighted by atomic mass is 10.2. The number of nitrogens with two attached hydrogens (primary N) is 1. The van der Waals surface area contributed by atoms with Gasteiger partial charge in [-0.2, -0.15) is 0 Å². The van der Waals surface area contributed by atoms with Crippen molar-refractivity contribution in [1.82, 2.24) is 20.3 Å². The van der Waals surface area contributed by atoms with Crippen molar-refractivity contribution in [2.24, 2.45) is 5.73 Å². The maximum atomic E-state index is 9.91. The number of benzene rings is 1. The number of thiazole rings is 1. The third kappa shape index (κ3) is 5.92. The van der Waals surface area contributed by atoms with Crippen LogP contribution in [0.4, 0.5) is 11.6 Å². The first-order chi connectivity index (χ1) is 15.7. The van der Waals surface area contributed by atoms with Crippen molar-refractivity contribution in [3.8, 4) is 17.1 Å². The van der Waals surface area contributed by atoms with E-state index in [0.717, 1.165) is 34.8 Å². The molecule has 0 saturated heterocycles. The van der Waals surface area contributed by atoms with Crippen molar-refractivity contribution in [2.45, 2.75) is 38.1 Å². The molecule has 1 atom stereocenters. The fourth-order valence-corrected chi connectivity index (χ4v) is 3.76. The maximum absolute atomic E-state index is 9.91. The molecule has 1 aliphatic carbocycles. The molecule has 1 saturated carbocycles. The zero-order valence-corrected chi connectivity index (χ0v) is 18.9. The Morgan fingerprint density at radius 2 is 2.12 bits per heavy atom. The summed E-state index contributed by atoms with van der Waals surface area (Å²) in [4.78, 5) is 13.9. The van der Waals surface area contributed by atoms with Crippen LogP contribution in [0.3, 0.4) is 0 Å². The zero-order chi connectivity index (χ0) is 22.3. The van der Waals surface area contributed by atoms with E-state index in [9.17, 15) is 5.11 Å². The van der Waals surface area contributed by atoms with Crippen molar-refractivity contribution in [1.29, 1.82) is 0 Å². The first kappa shape index (κ1) is 22.4. The van der Waals surface area contributed by atoms with Crippen LogP contribution in [0.5, 0.6) is 5.75 Å². The molecule has 0 spiro atoms. The van der Waals surface area contributed by atoms with E-state index in [1.165, 1.54) is 0 Å². The van der Waals surface area contributed by atoms with E-state index in [4.69, 9.17) is 20.4 Å². The van der Waals surface area contributed by atoms with Crippen LogP contribution in [-0.2, 0) is 13.1 Å². The van der Waals surface area contributed by atoms with E-state index < -0.39 is 6.10 Å². The van der Waals surface area contributed by atoms with Gasteiger partial charge in [0.2, 0.25) is 0 Å². The summed E-state index contributed by atoms with van der Waals surface area (Å²) in [5, 5.41) is 22.6. The summed E-state index contributed by atoms with van der Waals surface area (Å²) in [5.41, 5.74) is 7.77. The molecule has 1 aliphatic rings. The van der Waals surface area contributed by atoms with Gasteiger partial charge in [0, 0.05) is 36.3 Å². The third-order valence-electron chi connectivity index (χ3n) is 4.99. The molecule has 0 bridgehead atoms. The number of nitrogens with one attached hydrogen (secondary N) is 3. The van der Waals surface area contributed by atoms with Crippen molar-refractivity contribution >= 4 is 23.0 Å². The van der Waals surface area contributed by atoms with Crippen LogP contribution < -0.4 is 26.4 Å². The fourth-order valence-electron chi connectivity index (χ4n) is 3.20. The van der Waals surface area contributed by atoms with Gasteiger partial charge in [0.05, 0.1) is 12.1 Å². The number of aliphatic hydroxyl groups is 1. The number of nitrogens with zero attached hydrogens (tertiary/aromatic N) is 3. The molecule has 6 N–H and O–H groups in total. The average molecular weight is 456 g/mol. The lowest BCUT2D eigenvalue weighted by Gasteiger charge is -2.17. The molecule has 10 heteroatoms. The van der Waals surface area contributed by atoms with E-state index in [0.29, 0.717) is 43.1 Å². The lowest BCUT2D eigenvalue weighted by Crippen LogP contribution is -2.29. The number of ether oxygens (including phenoxy) is 1. The summed E-state index contributed by atoms with van der Waals surface area (Å²) in [5.74, 6) is 2.69. The van der Waals surface area contributed by atoms with E-state index in [1.807, 2.05) is 29.6 Å². The minimum Gasteiger partial charge on any atom is -0.491 e. The second kappa shape index (κ2) is 10.7. The first-order valence-electron chi connectivity index (χ1n) is 10.7. The molecule has 32 heavy (non-hydrogen) atoms. The minimum atomic E-state index is -0.584. The molecule has 0 radical (unpaired) electrons. The number of aliphatic hydroxyl groups excluding tert-OH is 1. The predicted octanol–water partition coefficient (Wildman–Crippen LogP) is 2.20. The molecule has 1 unspecified atom stereocenters. The van der Waals surface area contributed by atoms with Crippen molar-refractivity contribution in [3.05, 3.63) is 46.4 Å². The lowest BCUT2D eigenvalue weighted by molar-refractivity contribution is 0.108. The topological polar surface area (TPSA) is 130 Å². The highest BCUT2D eigenvalue weighted by atomic mass is 32.1. The van der Waals surface area contributed by atoms with Gasteiger partial charge in [-0.3, -0.25) is 0 Å². The van der Waals surface area contributed by atoms with Crippen LogP contribution in [0.2, 0.25) is 0 Å². The Morgan fingerprint density at radius 3 is 2.84 bits per heavy atom. The summed E-state index contributed by atoms with van der Waals surface area (Å²) in [6.45, 7) is 1.55. The van der Waals surface area contributed by atoms with Gasteiger partial charge < -0.3 is 31.5 Å². The highest BCUT2D eigenvalue weighted by molar-refractivity contribution is 7.09. The summed E-state index contributed by atoms with van der Waals surface area (Å²) in [6.07, 6.45) is 3.46. The van der Waals surface area contributed by atoms with Crippen molar-refractivity contribution < 1.29 is 9.84 Å². The quantitative estimate of drug-likeness (QED) is 0.279. The zero-order valence-electron chi connectivity index (χ0n) is 18.0. The predicted molar refractivity (Wildman–Crippen MR) is 127 cm³/mol. The Balaban J connectivity index is 1.60. The number of hydrogen-bond acceptors (Lipinski definition) is 10. The Labute approximate surface area is 191 Å². The van der Waals surface area contributed by atoms with Crippen molar-refractivity contribution in [2.75, 3.05) is 30.8 Å². The summed E-state index contributed by atoms with van der Waals surface area (Å²) < 4.78 is 5.76. The van der Waals surface area contributed by atoms with Gasteiger partial charge in [-0.25, -0.2) is 15.0 Å². The van der Waals surface area contributed by atoms with Crippen LogP contribution in [0.25, 0.3) is 11.4 Å². The fraction of sp³-hybridized carbons (Fsp3) is 0.409. The van der Waals surface area contributed by atoms with Gasteiger partial charge in [0.25, 0.3) is 0 Å². The molecular weight excluding hydrogens is 426 g/mol. The van der Waals surface area contributed by atoms with E-state index >= 15 is 0 Å². The summed E-state index contributed by atoms with van der Waals surface area (Å²) in [7, 11) is 1.79. The van der Waals surface area contributed by atoms with Gasteiger partial charge >= 0.3 is 0 Å². The first-order valence-corrected chi connectivity index (χ1v) is 11.6. The van der Waals surface area contributed by atoms with E-state index in [2.05, 4.69) is 20.9 Å². The Kier molecular flexibility index (Phi) is 7.48. The molecule has 1 aromatic carbocycles. The second-order valence-corrected chi connectivity index (χ2v) is 8.65. The average Bonchev–Trinajstić information content (AvgIpc) is 3.46. The summed E-state index contributed by atoms with van der Waals surface area (Å²) in [6, 6.07) is 8.01. The maximum Gasteiger partial charge on any atom is 0.164 e. The van der Waals surface area contributed by atoms with Gasteiger partial charge in [0.1, 0.15) is 35.1 Å². The largest absolute Gasteiger partial charge is 0.491 e. The van der Waals surface area contributed by atoms with Gasteiger partial charge in [0.15, 0.2) is 5.82 Å². The number of rotatable bonds is 12. The van der Waals surface area contributed by atoms with Crippen LogP contribution in [0, 0.1) is 0 Å². The molecule has 3 aromatic rings. The molecule has 2 heterocycles. The van der Waals surface area contributed by atoms with Gasteiger partial charge in [-0.1, -0.05) is 12.1 Å². The minimum absolute atomic E-state index is 0.201. The van der Waals surface area contributed by atoms with Crippen LogP contribution in [0.1, 0.15) is 23.4 Å².